The molecule has 4 rings (SSSR count). The van der Waals surface area contributed by atoms with Gasteiger partial charge in [0.2, 0.25) is 5.88 Å². The summed E-state index contributed by atoms with van der Waals surface area (Å²) in [7, 11) is 0. The Balaban J connectivity index is 1.53. The molecule has 0 unspecified atom stereocenters. The van der Waals surface area contributed by atoms with Gasteiger partial charge in [-0.1, -0.05) is 67.6 Å². The zero-order chi connectivity index (χ0) is 23.2. The van der Waals surface area contributed by atoms with Crippen molar-refractivity contribution in [1.82, 2.24) is 14.5 Å². The van der Waals surface area contributed by atoms with Gasteiger partial charge in [-0.05, 0) is 30.4 Å². The maximum Gasteiger partial charge on any atom is 0.331 e. The average molecular weight is 447 g/mol. The molecule has 33 heavy (non-hydrogen) atoms. The lowest BCUT2D eigenvalue weighted by Gasteiger charge is -2.30. The van der Waals surface area contributed by atoms with Crippen LogP contribution in [0.25, 0.3) is 0 Å². The number of hydrogen-bond donors (Lipinski definition) is 2. The van der Waals surface area contributed by atoms with E-state index < -0.39 is 11.2 Å². The fourth-order valence-electron chi connectivity index (χ4n) is 4.33. The lowest BCUT2D eigenvalue weighted by molar-refractivity contribution is 0.206. The minimum atomic E-state index is -0.630. The Hall–Kier alpha value is -3.45. The number of aliphatic imine (C=N–C) groups is 1. The minimum Gasteiger partial charge on any atom is -0.494 e. The van der Waals surface area contributed by atoms with Crippen molar-refractivity contribution < 1.29 is 5.11 Å². The van der Waals surface area contributed by atoms with E-state index in [1.165, 1.54) is 10.1 Å². The van der Waals surface area contributed by atoms with Crippen LogP contribution in [0.5, 0.6) is 5.88 Å². The molecule has 0 saturated carbocycles. The summed E-state index contributed by atoms with van der Waals surface area (Å²) in [6, 6.07) is 19.9. The lowest BCUT2D eigenvalue weighted by Crippen LogP contribution is -2.36. The molecule has 0 atom stereocenters. The van der Waals surface area contributed by atoms with Crippen LogP contribution in [0.3, 0.4) is 0 Å². The van der Waals surface area contributed by atoms with Crippen LogP contribution in [-0.4, -0.2) is 44.4 Å². The standard InChI is InChI=1S/C26H30N4O3/c1-2-22(27-21-13-15-29(16-14-21)17-19-9-5-3-6-10-19)23-24(31)28-26(33)30(25(23)32)18-20-11-7-4-8-12-20/h3-12,21,32H,2,13-18H2,1H3,(H,28,31,33). The van der Waals surface area contributed by atoms with Gasteiger partial charge >= 0.3 is 5.69 Å². The van der Waals surface area contributed by atoms with Gasteiger partial charge in [-0.15, -0.1) is 0 Å². The Morgan fingerprint density at radius 3 is 2.12 bits per heavy atom. The average Bonchev–Trinajstić information content (AvgIpc) is 2.83. The van der Waals surface area contributed by atoms with E-state index in [0.29, 0.717) is 12.1 Å². The summed E-state index contributed by atoms with van der Waals surface area (Å²) in [5, 5.41) is 10.9. The molecule has 3 aromatic rings. The van der Waals surface area contributed by atoms with Crippen molar-refractivity contribution in [3.8, 4) is 5.88 Å². The third kappa shape index (κ3) is 5.49. The van der Waals surface area contributed by atoms with Crippen molar-refractivity contribution in [2.24, 2.45) is 4.99 Å². The van der Waals surface area contributed by atoms with E-state index >= 15 is 0 Å². The predicted molar refractivity (Wildman–Crippen MR) is 130 cm³/mol. The minimum absolute atomic E-state index is 0.0836. The van der Waals surface area contributed by atoms with Gasteiger partial charge in [-0.2, -0.15) is 0 Å². The summed E-state index contributed by atoms with van der Waals surface area (Å²) in [5.41, 5.74) is 1.56. The fourth-order valence-corrected chi connectivity index (χ4v) is 4.33. The maximum absolute atomic E-state index is 12.6. The van der Waals surface area contributed by atoms with Crippen molar-refractivity contribution >= 4 is 5.71 Å². The first kappa shape index (κ1) is 22.7. The van der Waals surface area contributed by atoms with Crippen LogP contribution >= 0.6 is 0 Å². The van der Waals surface area contributed by atoms with Gasteiger partial charge in [0.05, 0.1) is 18.3 Å². The predicted octanol–water partition coefficient (Wildman–Crippen LogP) is 3.15. The molecule has 0 radical (unpaired) electrons. The van der Waals surface area contributed by atoms with Gasteiger partial charge in [0.25, 0.3) is 5.56 Å². The molecular weight excluding hydrogens is 416 g/mol. The SMILES string of the molecule is CCC(=NC1CCN(Cc2ccccc2)CC1)c1c(O)n(Cc2ccccc2)c(=O)[nH]c1=O. The zero-order valence-corrected chi connectivity index (χ0v) is 18.9. The number of aromatic hydroxyl groups is 1. The van der Waals surface area contributed by atoms with E-state index in [2.05, 4.69) is 34.1 Å². The van der Waals surface area contributed by atoms with E-state index in [9.17, 15) is 14.7 Å². The second-order valence-corrected chi connectivity index (χ2v) is 8.45. The normalized spacial score (nSPS) is 15.6. The molecule has 1 fully saturated rings. The number of nitrogens with one attached hydrogen (secondary N) is 1. The molecule has 1 aliphatic heterocycles. The van der Waals surface area contributed by atoms with E-state index in [-0.39, 0.29) is 24.0 Å². The van der Waals surface area contributed by atoms with Crippen molar-refractivity contribution in [2.75, 3.05) is 13.1 Å². The van der Waals surface area contributed by atoms with E-state index in [4.69, 9.17) is 4.99 Å². The molecule has 2 heterocycles. The highest BCUT2D eigenvalue weighted by Crippen LogP contribution is 2.20. The van der Waals surface area contributed by atoms with Crippen LogP contribution in [0.1, 0.15) is 42.9 Å². The van der Waals surface area contributed by atoms with Crippen LogP contribution < -0.4 is 11.2 Å². The Morgan fingerprint density at radius 1 is 0.970 bits per heavy atom. The molecule has 7 nitrogen and oxygen atoms in total. The third-order valence-corrected chi connectivity index (χ3v) is 6.12. The van der Waals surface area contributed by atoms with Gasteiger partial charge in [-0.3, -0.25) is 24.2 Å². The molecule has 0 bridgehead atoms. The molecule has 0 aliphatic carbocycles. The zero-order valence-electron chi connectivity index (χ0n) is 18.9. The molecule has 0 spiro atoms. The van der Waals surface area contributed by atoms with Gasteiger partial charge in [0, 0.05) is 19.6 Å². The van der Waals surface area contributed by atoms with Crippen molar-refractivity contribution in [1.29, 1.82) is 0 Å². The summed E-state index contributed by atoms with van der Waals surface area (Å²) in [4.78, 5) is 34.7. The van der Waals surface area contributed by atoms with Gasteiger partial charge in [0.15, 0.2) is 0 Å². The number of hydrogen-bond acceptors (Lipinski definition) is 5. The number of rotatable bonds is 7. The van der Waals surface area contributed by atoms with Crippen LogP contribution in [0.2, 0.25) is 0 Å². The topological polar surface area (TPSA) is 90.7 Å². The second kappa shape index (κ2) is 10.4. The van der Waals surface area contributed by atoms with Crippen LogP contribution in [-0.2, 0) is 13.1 Å². The lowest BCUT2D eigenvalue weighted by atomic mass is 10.0. The molecule has 2 N–H and O–H groups in total. The molecule has 0 amide bonds. The number of likely N-dealkylation sites (tertiary alicyclic amines) is 1. The Kier molecular flexibility index (Phi) is 7.19. The van der Waals surface area contributed by atoms with Gasteiger partial charge in [0.1, 0.15) is 5.56 Å². The Bertz CT molecular complexity index is 1210. The number of aromatic nitrogens is 2. The van der Waals surface area contributed by atoms with Gasteiger partial charge < -0.3 is 5.11 Å². The third-order valence-electron chi connectivity index (χ3n) is 6.12. The summed E-state index contributed by atoms with van der Waals surface area (Å²) in [6.45, 7) is 4.85. The number of benzene rings is 2. The van der Waals surface area contributed by atoms with Crippen LogP contribution in [0.15, 0.2) is 75.2 Å². The molecule has 1 aromatic heterocycles. The summed E-state index contributed by atoms with van der Waals surface area (Å²) in [6.07, 6.45) is 2.27. The maximum atomic E-state index is 12.6. The first-order valence-electron chi connectivity index (χ1n) is 11.5. The number of nitrogens with zero attached hydrogens (tertiary/aromatic N) is 3. The fraction of sp³-hybridized carbons (Fsp3) is 0.346. The molecular formula is C26H30N4O3. The van der Waals surface area contributed by atoms with E-state index in [0.717, 1.165) is 38.0 Å². The highest BCUT2D eigenvalue weighted by atomic mass is 16.3. The summed E-state index contributed by atoms with van der Waals surface area (Å²) < 4.78 is 1.19. The number of H-pyrrole nitrogens is 1. The van der Waals surface area contributed by atoms with E-state index in [1.54, 1.807) is 0 Å². The first-order valence-corrected chi connectivity index (χ1v) is 11.5. The molecule has 1 aliphatic rings. The number of piperidine rings is 1. The highest BCUT2D eigenvalue weighted by molar-refractivity contribution is 6.02. The van der Waals surface area contributed by atoms with Crippen molar-refractivity contribution in [2.45, 2.75) is 45.3 Å². The molecule has 1 saturated heterocycles. The van der Waals surface area contributed by atoms with Crippen molar-refractivity contribution in [3.63, 3.8) is 0 Å². The van der Waals surface area contributed by atoms with Crippen molar-refractivity contribution in [3.05, 3.63) is 98.2 Å². The van der Waals surface area contributed by atoms with E-state index in [1.807, 2.05) is 43.3 Å². The van der Waals surface area contributed by atoms with Gasteiger partial charge in [-0.25, -0.2) is 4.79 Å². The smallest absolute Gasteiger partial charge is 0.331 e. The Labute approximate surface area is 193 Å². The van der Waals surface area contributed by atoms with Crippen LogP contribution in [0.4, 0.5) is 0 Å². The Morgan fingerprint density at radius 2 is 1.55 bits per heavy atom. The van der Waals surface area contributed by atoms with Crippen LogP contribution in [0, 0.1) is 0 Å². The quantitative estimate of drug-likeness (QED) is 0.546. The first-order chi connectivity index (χ1) is 16.0. The highest BCUT2D eigenvalue weighted by Gasteiger charge is 2.23. The largest absolute Gasteiger partial charge is 0.494 e. The molecule has 2 aromatic carbocycles. The summed E-state index contributed by atoms with van der Waals surface area (Å²) in [5.74, 6) is -0.324. The molecule has 172 valence electrons. The number of aromatic amines is 1. The second-order valence-electron chi connectivity index (χ2n) is 8.45. The molecule has 7 heteroatoms. The summed E-state index contributed by atoms with van der Waals surface area (Å²) >= 11 is 0. The monoisotopic (exact) mass is 446 g/mol.